The second kappa shape index (κ2) is 6.02. The van der Waals surface area contributed by atoms with Gasteiger partial charge in [-0.15, -0.1) is 0 Å². The number of aromatic nitrogens is 3. The van der Waals surface area contributed by atoms with Gasteiger partial charge in [-0.25, -0.2) is 4.79 Å². The minimum Gasteiger partial charge on any atom is -0.508 e. The van der Waals surface area contributed by atoms with E-state index in [1.807, 2.05) is 0 Å². The summed E-state index contributed by atoms with van der Waals surface area (Å²) in [4.78, 5) is 27.3. The van der Waals surface area contributed by atoms with E-state index in [4.69, 9.17) is 0 Å². The first-order chi connectivity index (χ1) is 9.56. The third kappa shape index (κ3) is 2.88. The van der Waals surface area contributed by atoms with Gasteiger partial charge >= 0.3 is 35.2 Å². The molecule has 0 fully saturated rings. The molecule has 0 amide bonds. The molecule has 0 aliphatic rings. The van der Waals surface area contributed by atoms with Crippen molar-refractivity contribution in [2.75, 3.05) is 5.43 Å². The molecule has 0 saturated carbocycles. The van der Waals surface area contributed by atoms with Gasteiger partial charge < -0.3 is 5.11 Å². The molecular formula is C12H10N4NaO3S+. The molecule has 0 aliphatic heterocycles. The number of aromatic hydroxyl groups is 1. The summed E-state index contributed by atoms with van der Waals surface area (Å²) in [6.07, 6.45) is 0. The zero-order chi connectivity index (χ0) is 14.3. The van der Waals surface area contributed by atoms with Crippen molar-refractivity contribution >= 4 is 27.4 Å². The third-order valence-corrected chi connectivity index (χ3v) is 3.67. The maximum absolute atomic E-state index is 12.3. The second-order valence-corrected chi connectivity index (χ2v) is 4.97. The number of phenolic OH excluding ortho intramolecular Hbond substituents is 1. The number of benzene rings is 1. The molecule has 102 valence electrons. The number of hydrogen-bond acceptors (Lipinski definition) is 6. The van der Waals surface area contributed by atoms with E-state index >= 15 is 0 Å². The molecule has 2 aromatic heterocycles. The Bertz CT molecular complexity index is 897. The second-order valence-electron chi connectivity index (χ2n) is 4.20. The van der Waals surface area contributed by atoms with Gasteiger partial charge in [0, 0.05) is 0 Å². The Balaban J connectivity index is 0.00000161. The van der Waals surface area contributed by atoms with E-state index in [2.05, 4.69) is 14.8 Å². The van der Waals surface area contributed by atoms with Crippen molar-refractivity contribution in [1.82, 2.24) is 14.0 Å². The molecule has 9 heteroatoms. The quantitative estimate of drug-likeness (QED) is 0.377. The number of aromatic amines is 1. The standard InChI is InChI=1S/C12H10N4O3S.Na/c1-6-9-10(20-15-6)13-12(19)16(11(9)18)14-7-2-4-8(17)5-3-7;/h2-5,14,17H,1H3,(H,13,19);/q;+1. The Morgan fingerprint density at radius 2 is 1.95 bits per heavy atom. The van der Waals surface area contributed by atoms with Crippen LogP contribution in [-0.4, -0.2) is 19.1 Å². The van der Waals surface area contributed by atoms with Crippen LogP contribution in [0.5, 0.6) is 5.75 Å². The van der Waals surface area contributed by atoms with Gasteiger partial charge in [0.1, 0.15) is 10.6 Å². The Kier molecular flexibility index (Phi) is 4.52. The zero-order valence-corrected chi connectivity index (χ0v) is 14.2. The normalized spacial score (nSPS) is 10.3. The first kappa shape index (κ1) is 15.8. The molecule has 1 aromatic carbocycles. The molecule has 3 N–H and O–H groups in total. The van der Waals surface area contributed by atoms with Crippen molar-refractivity contribution in [2.45, 2.75) is 6.92 Å². The summed E-state index contributed by atoms with van der Waals surface area (Å²) in [7, 11) is 0. The minimum atomic E-state index is -0.570. The van der Waals surface area contributed by atoms with Gasteiger partial charge in [-0.2, -0.15) is 9.05 Å². The van der Waals surface area contributed by atoms with E-state index in [0.717, 1.165) is 16.2 Å². The van der Waals surface area contributed by atoms with E-state index in [1.165, 1.54) is 12.1 Å². The van der Waals surface area contributed by atoms with Crippen LogP contribution >= 0.6 is 11.5 Å². The van der Waals surface area contributed by atoms with Crippen LogP contribution in [0, 0.1) is 6.92 Å². The monoisotopic (exact) mass is 313 g/mol. The summed E-state index contributed by atoms with van der Waals surface area (Å²) in [6, 6.07) is 6.03. The SMILES string of the molecule is Cc1nsc2[nH]c(=O)n(Nc3ccc(O)cc3)c(=O)c12.[Na+]. The number of anilines is 1. The van der Waals surface area contributed by atoms with E-state index in [-0.39, 0.29) is 35.3 Å². The Morgan fingerprint density at radius 1 is 1.29 bits per heavy atom. The van der Waals surface area contributed by atoms with Crippen LogP contribution in [0.2, 0.25) is 0 Å². The topological polar surface area (TPSA) is 100 Å². The molecule has 0 spiro atoms. The fourth-order valence-electron chi connectivity index (χ4n) is 1.83. The molecule has 0 saturated heterocycles. The first-order valence-electron chi connectivity index (χ1n) is 5.73. The van der Waals surface area contributed by atoms with Crippen LogP contribution in [0.15, 0.2) is 33.9 Å². The fourth-order valence-corrected chi connectivity index (χ4v) is 2.61. The molecule has 3 rings (SSSR count). The van der Waals surface area contributed by atoms with Gasteiger partial charge in [0.15, 0.2) is 0 Å². The van der Waals surface area contributed by atoms with Crippen LogP contribution < -0.4 is 46.2 Å². The van der Waals surface area contributed by atoms with E-state index in [9.17, 15) is 14.7 Å². The van der Waals surface area contributed by atoms with Crippen LogP contribution in [0.1, 0.15) is 5.69 Å². The third-order valence-electron chi connectivity index (χ3n) is 2.81. The van der Waals surface area contributed by atoms with Crippen LogP contribution in [-0.2, 0) is 0 Å². The number of rotatable bonds is 2. The molecule has 7 nitrogen and oxygen atoms in total. The predicted molar refractivity (Wildman–Crippen MR) is 76.4 cm³/mol. The Hall–Kier alpha value is -1.61. The molecule has 0 bridgehead atoms. The smallest absolute Gasteiger partial charge is 0.508 e. The van der Waals surface area contributed by atoms with Gasteiger partial charge in [0.2, 0.25) is 0 Å². The van der Waals surface area contributed by atoms with E-state index in [0.29, 0.717) is 21.6 Å². The van der Waals surface area contributed by atoms with Crippen molar-refractivity contribution in [1.29, 1.82) is 0 Å². The molecule has 0 aliphatic carbocycles. The number of aryl methyl sites for hydroxylation is 1. The summed E-state index contributed by atoms with van der Waals surface area (Å²) in [5.41, 5.74) is 2.76. The number of nitrogens with one attached hydrogen (secondary N) is 2. The summed E-state index contributed by atoms with van der Waals surface area (Å²) in [6.45, 7) is 1.71. The molecule has 3 aromatic rings. The number of H-pyrrole nitrogens is 1. The summed E-state index contributed by atoms with van der Waals surface area (Å²) < 4.78 is 4.94. The first-order valence-corrected chi connectivity index (χ1v) is 6.51. The fraction of sp³-hybridized carbons (Fsp3) is 0.0833. The molecular weight excluding hydrogens is 303 g/mol. The minimum absolute atomic E-state index is 0. The maximum atomic E-state index is 12.3. The van der Waals surface area contributed by atoms with Gasteiger partial charge in [-0.05, 0) is 42.7 Å². The predicted octanol–water partition coefficient (Wildman–Crippen LogP) is -1.96. The van der Waals surface area contributed by atoms with E-state index in [1.54, 1.807) is 19.1 Å². The molecule has 0 atom stereocenters. The van der Waals surface area contributed by atoms with Gasteiger partial charge in [0.05, 0.1) is 16.8 Å². The maximum Gasteiger partial charge on any atom is 1.00 e. The van der Waals surface area contributed by atoms with Crippen molar-refractivity contribution in [3.05, 3.63) is 50.8 Å². The van der Waals surface area contributed by atoms with Gasteiger partial charge in [0.25, 0.3) is 5.56 Å². The number of phenols is 1. The number of fused-ring (bicyclic) bond motifs is 1. The Labute approximate surface area is 144 Å². The largest absolute Gasteiger partial charge is 1.00 e. The van der Waals surface area contributed by atoms with Crippen LogP contribution in [0.3, 0.4) is 0 Å². The number of nitrogens with zero attached hydrogens (tertiary/aromatic N) is 2. The van der Waals surface area contributed by atoms with Crippen molar-refractivity contribution in [3.8, 4) is 5.75 Å². The van der Waals surface area contributed by atoms with Gasteiger partial charge in [-0.1, -0.05) is 0 Å². The molecule has 0 unspecified atom stereocenters. The average Bonchev–Trinajstić information content (AvgIpc) is 2.78. The molecule has 0 radical (unpaired) electrons. The van der Waals surface area contributed by atoms with Crippen molar-refractivity contribution < 1.29 is 34.7 Å². The van der Waals surface area contributed by atoms with Crippen LogP contribution in [0.25, 0.3) is 10.2 Å². The Morgan fingerprint density at radius 3 is 2.62 bits per heavy atom. The molecule has 2 heterocycles. The zero-order valence-electron chi connectivity index (χ0n) is 11.4. The average molecular weight is 313 g/mol. The number of hydrogen-bond donors (Lipinski definition) is 3. The molecule has 21 heavy (non-hydrogen) atoms. The van der Waals surface area contributed by atoms with Crippen molar-refractivity contribution in [2.24, 2.45) is 0 Å². The van der Waals surface area contributed by atoms with E-state index < -0.39 is 11.2 Å². The van der Waals surface area contributed by atoms with Crippen LogP contribution in [0.4, 0.5) is 5.69 Å². The summed E-state index contributed by atoms with van der Waals surface area (Å²) in [5, 5.41) is 9.60. The van der Waals surface area contributed by atoms with Crippen molar-refractivity contribution in [3.63, 3.8) is 0 Å². The summed E-state index contributed by atoms with van der Waals surface area (Å²) >= 11 is 1.08. The van der Waals surface area contributed by atoms with Gasteiger partial charge in [-0.3, -0.25) is 15.2 Å². The summed E-state index contributed by atoms with van der Waals surface area (Å²) in [5.74, 6) is 0.102.